The summed E-state index contributed by atoms with van der Waals surface area (Å²) in [5.74, 6) is 0.796. The number of hydrogen-bond donors (Lipinski definition) is 2. The summed E-state index contributed by atoms with van der Waals surface area (Å²) in [7, 11) is 1.88. The maximum Gasteiger partial charge on any atom is 0.246 e. The lowest BCUT2D eigenvalue weighted by atomic mass is 9.90. The summed E-state index contributed by atoms with van der Waals surface area (Å²) in [6.45, 7) is 1.30. The Balaban J connectivity index is 1.53. The number of likely N-dealkylation sites (tertiary alicyclic amines) is 1. The molecule has 0 spiro atoms. The molecule has 0 bridgehead atoms. The minimum absolute atomic E-state index is 0.0103. The number of thiophene rings is 1. The molecule has 0 saturated carbocycles. The summed E-state index contributed by atoms with van der Waals surface area (Å²) in [4.78, 5) is 19.3. The third kappa shape index (κ3) is 4.18. The lowest BCUT2D eigenvalue weighted by molar-refractivity contribution is -0.128. The fourth-order valence-electron chi connectivity index (χ4n) is 3.13. The van der Waals surface area contributed by atoms with E-state index in [1.807, 2.05) is 34.2 Å². The van der Waals surface area contributed by atoms with Crippen LogP contribution in [0.2, 0.25) is 0 Å². The monoisotopic (exact) mass is 361 g/mol. The molecule has 1 aliphatic rings. The summed E-state index contributed by atoms with van der Waals surface area (Å²) in [6, 6.07) is 1.88. The van der Waals surface area contributed by atoms with E-state index in [9.17, 15) is 9.90 Å². The Bertz CT molecular complexity index is 744. The second-order valence-electron chi connectivity index (χ2n) is 6.35. The van der Waals surface area contributed by atoms with Crippen LogP contribution in [0.15, 0.2) is 29.9 Å². The van der Waals surface area contributed by atoms with Gasteiger partial charge >= 0.3 is 0 Å². The Kier molecular flexibility index (Phi) is 5.67. The number of carbonyl (C=O) groups is 1. The van der Waals surface area contributed by atoms with Gasteiger partial charge in [-0.05, 0) is 41.8 Å². The molecule has 0 radical (unpaired) electrons. The molecule has 0 aliphatic carbocycles. The first-order chi connectivity index (χ1) is 12.1. The van der Waals surface area contributed by atoms with Gasteiger partial charge in [-0.25, -0.2) is 4.98 Å². The fourth-order valence-corrected chi connectivity index (χ4v) is 3.93. The van der Waals surface area contributed by atoms with Gasteiger partial charge in [0.05, 0.1) is 6.61 Å². The van der Waals surface area contributed by atoms with E-state index in [0.717, 1.165) is 23.3 Å². The Hall–Kier alpha value is -1.96. The average Bonchev–Trinajstić information content (AvgIpc) is 3.27. The number of aryl methyl sites for hydroxylation is 1. The summed E-state index contributed by atoms with van der Waals surface area (Å²) in [6.07, 6.45) is 7.84. The van der Waals surface area contributed by atoms with E-state index < -0.39 is 6.10 Å². The average molecular weight is 361 g/mol. The van der Waals surface area contributed by atoms with Crippen LogP contribution in [-0.4, -0.2) is 43.7 Å². The Morgan fingerprint density at radius 1 is 1.48 bits per heavy atom. The number of imidazole rings is 1. The minimum atomic E-state index is -0.587. The largest absolute Gasteiger partial charge is 0.392 e. The molecule has 3 heterocycles. The zero-order chi connectivity index (χ0) is 17.8. The third-order valence-corrected chi connectivity index (χ3v) is 5.61. The molecule has 2 aromatic heterocycles. The van der Waals surface area contributed by atoms with Crippen molar-refractivity contribution in [2.24, 2.45) is 13.0 Å². The summed E-state index contributed by atoms with van der Waals surface area (Å²) < 4.78 is 1.84. The van der Waals surface area contributed by atoms with Gasteiger partial charge in [-0.3, -0.25) is 4.79 Å². The van der Waals surface area contributed by atoms with Gasteiger partial charge in [0.15, 0.2) is 0 Å². The van der Waals surface area contributed by atoms with Gasteiger partial charge in [-0.15, -0.1) is 11.3 Å². The molecule has 1 amide bonds. The highest BCUT2D eigenvalue weighted by Gasteiger charge is 2.29. The molecular formula is C18H23N3O3S. The maximum absolute atomic E-state index is 12.3. The molecule has 134 valence electrons. The zero-order valence-electron chi connectivity index (χ0n) is 14.2. The van der Waals surface area contributed by atoms with Crippen LogP contribution in [0, 0.1) is 5.92 Å². The molecule has 7 heteroatoms. The van der Waals surface area contributed by atoms with E-state index in [4.69, 9.17) is 5.11 Å². The topological polar surface area (TPSA) is 78.6 Å². The van der Waals surface area contributed by atoms with Crippen molar-refractivity contribution < 1.29 is 15.0 Å². The van der Waals surface area contributed by atoms with Crippen molar-refractivity contribution in [2.75, 3.05) is 13.1 Å². The number of aliphatic hydroxyl groups is 2. The van der Waals surface area contributed by atoms with Crippen LogP contribution in [-0.2, 0) is 18.4 Å². The van der Waals surface area contributed by atoms with Crippen LogP contribution in [0.5, 0.6) is 0 Å². The molecule has 1 aliphatic heterocycles. The lowest BCUT2D eigenvalue weighted by Crippen LogP contribution is -2.39. The number of carbonyl (C=O) groups excluding carboxylic acids is 1. The standard InChI is InChI=1S/C18H23N3O3S/c1-20-9-6-19-18(20)17(24)14-4-7-21(8-5-14)16(23)3-2-15-10-13(11-22)12-25-15/h2-3,6,9-10,12,14,17,22,24H,4-5,7-8,11H2,1H3/b3-2+. The van der Waals surface area contributed by atoms with Gasteiger partial charge in [-0.1, -0.05) is 0 Å². The first kappa shape index (κ1) is 17.8. The summed E-state index contributed by atoms with van der Waals surface area (Å²) in [5.41, 5.74) is 0.862. The van der Waals surface area contributed by atoms with Crippen molar-refractivity contribution >= 4 is 23.3 Å². The highest BCUT2D eigenvalue weighted by atomic mass is 32.1. The van der Waals surface area contributed by atoms with Crippen molar-refractivity contribution in [1.29, 1.82) is 0 Å². The van der Waals surface area contributed by atoms with E-state index in [0.29, 0.717) is 18.9 Å². The minimum Gasteiger partial charge on any atom is -0.392 e. The SMILES string of the molecule is Cn1ccnc1C(O)C1CCN(C(=O)/C=C/c2cc(CO)cs2)CC1. The fraction of sp³-hybridized carbons (Fsp3) is 0.444. The maximum atomic E-state index is 12.3. The van der Waals surface area contributed by atoms with Crippen molar-refractivity contribution in [3.05, 3.63) is 46.2 Å². The first-order valence-electron chi connectivity index (χ1n) is 8.39. The second kappa shape index (κ2) is 7.95. The normalized spacial score (nSPS) is 17.3. The van der Waals surface area contributed by atoms with Crippen LogP contribution in [0.25, 0.3) is 6.08 Å². The van der Waals surface area contributed by atoms with Crippen LogP contribution < -0.4 is 0 Å². The molecule has 1 fully saturated rings. The second-order valence-corrected chi connectivity index (χ2v) is 7.30. The predicted octanol–water partition coefficient (Wildman–Crippen LogP) is 1.96. The van der Waals surface area contributed by atoms with Gasteiger partial charge in [0.2, 0.25) is 5.91 Å². The molecule has 6 nitrogen and oxygen atoms in total. The van der Waals surface area contributed by atoms with Crippen molar-refractivity contribution in [1.82, 2.24) is 14.5 Å². The molecule has 2 N–H and O–H groups in total. The smallest absolute Gasteiger partial charge is 0.246 e. The van der Waals surface area contributed by atoms with Gasteiger partial charge < -0.3 is 19.7 Å². The molecule has 1 atom stereocenters. The Labute approximate surface area is 151 Å². The predicted molar refractivity (Wildman–Crippen MR) is 96.7 cm³/mol. The first-order valence-corrected chi connectivity index (χ1v) is 9.27. The zero-order valence-corrected chi connectivity index (χ0v) is 15.0. The van der Waals surface area contributed by atoms with Crippen molar-refractivity contribution in [2.45, 2.75) is 25.6 Å². The molecule has 2 aromatic rings. The third-order valence-electron chi connectivity index (χ3n) is 4.67. The van der Waals surface area contributed by atoms with Crippen molar-refractivity contribution in [3.8, 4) is 0 Å². The number of piperidine rings is 1. The number of aromatic nitrogens is 2. The number of amides is 1. The highest BCUT2D eigenvalue weighted by molar-refractivity contribution is 7.11. The molecule has 1 saturated heterocycles. The van der Waals surface area contributed by atoms with E-state index in [1.165, 1.54) is 11.3 Å². The molecule has 1 unspecified atom stereocenters. The summed E-state index contributed by atoms with van der Waals surface area (Å²) in [5, 5.41) is 21.4. The molecule has 3 rings (SSSR count). The van der Waals surface area contributed by atoms with Crippen LogP contribution in [0.1, 0.15) is 35.2 Å². The molecule has 25 heavy (non-hydrogen) atoms. The Morgan fingerprint density at radius 2 is 2.24 bits per heavy atom. The number of hydrogen-bond acceptors (Lipinski definition) is 5. The van der Waals surface area contributed by atoms with E-state index in [2.05, 4.69) is 4.98 Å². The quantitative estimate of drug-likeness (QED) is 0.798. The van der Waals surface area contributed by atoms with Crippen molar-refractivity contribution in [3.63, 3.8) is 0 Å². The van der Waals surface area contributed by atoms with E-state index in [1.54, 1.807) is 18.3 Å². The molecular weight excluding hydrogens is 338 g/mol. The van der Waals surface area contributed by atoms with Gasteiger partial charge in [0, 0.05) is 43.5 Å². The number of nitrogens with zero attached hydrogens (tertiary/aromatic N) is 3. The van der Waals surface area contributed by atoms with E-state index >= 15 is 0 Å². The number of aliphatic hydroxyl groups excluding tert-OH is 2. The highest BCUT2D eigenvalue weighted by Crippen LogP contribution is 2.29. The lowest BCUT2D eigenvalue weighted by Gasteiger charge is -2.33. The Morgan fingerprint density at radius 3 is 2.84 bits per heavy atom. The summed E-state index contributed by atoms with van der Waals surface area (Å²) >= 11 is 1.51. The van der Waals surface area contributed by atoms with Crippen LogP contribution >= 0.6 is 11.3 Å². The van der Waals surface area contributed by atoms with Gasteiger partial charge in [0.1, 0.15) is 11.9 Å². The number of rotatable bonds is 5. The molecule has 0 aromatic carbocycles. The van der Waals surface area contributed by atoms with Crippen LogP contribution in [0.3, 0.4) is 0 Å². The van der Waals surface area contributed by atoms with Gasteiger partial charge in [-0.2, -0.15) is 0 Å². The van der Waals surface area contributed by atoms with E-state index in [-0.39, 0.29) is 18.4 Å². The van der Waals surface area contributed by atoms with Crippen LogP contribution in [0.4, 0.5) is 0 Å². The van der Waals surface area contributed by atoms with Gasteiger partial charge in [0.25, 0.3) is 0 Å².